The largest absolute Gasteiger partial charge is 0.307 e. The van der Waals surface area contributed by atoms with Crippen LogP contribution in [0.25, 0.3) is 0 Å². The van der Waals surface area contributed by atoms with Crippen LogP contribution in [0.5, 0.6) is 0 Å². The third kappa shape index (κ3) is 741. The number of rotatable bonds is 0. The quantitative estimate of drug-likeness (QED) is 0.347. The molecule has 0 aromatic carbocycles. The predicted molar refractivity (Wildman–Crippen MR) is 22.7 cm³/mol. The molecule has 37 valence electrons. The Morgan fingerprint density at radius 2 is 1.50 bits per heavy atom. The maximum atomic E-state index is 8.00. The van der Waals surface area contributed by atoms with Gasteiger partial charge in [-0.1, -0.05) is 0 Å². The van der Waals surface area contributed by atoms with Crippen LogP contribution in [0, 0.1) is 6.92 Å². The minimum atomic E-state index is 0. The smallest absolute Gasteiger partial charge is 0.106 e. The fraction of sp³-hybridized carbons (Fsp3) is 0. The van der Waals surface area contributed by atoms with Gasteiger partial charge in [0, 0.05) is 17.1 Å². The first kappa shape index (κ1) is 17.0. The van der Waals surface area contributed by atoms with Crippen LogP contribution in [0.3, 0.4) is 0 Å². The van der Waals surface area contributed by atoms with Gasteiger partial charge in [0.05, 0.1) is 0 Å². The molecule has 0 spiro atoms. The molecule has 1 radical (unpaired) electrons. The molecule has 6 heavy (non-hydrogen) atoms. The van der Waals surface area contributed by atoms with Crippen molar-refractivity contribution in [2.45, 2.75) is 0 Å². The predicted octanol–water partition coefficient (Wildman–Crippen LogP) is 0.819. The number of carbonyl (C=O) groups is 1. The zero-order valence-corrected chi connectivity index (χ0v) is 4.67. The van der Waals surface area contributed by atoms with Crippen molar-refractivity contribution in [1.82, 2.24) is 0 Å². The summed E-state index contributed by atoms with van der Waals surface area (Å²) in [6.07, 6.45) is 1.50. The standard InChI is InChI=1S/C3H5.CH2O.Mn/c1-3-2;1-2;/h3H,1-2H2;1H2;/q-1;;. The Kier molecular flexibility index (Phi) is 308. The van der Waals surface area contributed by atoms with Crippen molar-refractivity contribution in [3.63, 3.8) is 0 Å². The maximum Gasteiger partial charge on any atom is 0.106 e. The SMILES string of the molecule is C=C[CH2-].C=O.[Mn]. The van der Waals surface area contributed by atoms with E-state index in [4.69, 9.17) is 4.79 Å². The van der Waals surface area contributed by atoms with Gasteiger partial charge < -0.3 is 4.79 Å². The average Bonchev–Trinajstić information content (AvgIpc) is 1.46. The fourth-order valence-corrected chi connectivity index (χ4v) is 0. The van der Waals surface area contributed by atoms with E-state index in [0.717, 1.165) is 0 Å². The van der Waals surface area contributed by atoms with E-state index < -0.39 is 0 Å². The summed E-state index contributed by atoms with van der Waals surface area (Å²) < 4.78 is 0. The van der Waals surface area contributed by atoms with Crippen LogP contribution in [0.1, 0.15) is 0 Å². The number of carbonyl (C=O) groups excluding carboxylic acids is 1. The van der Waals surface area contributed by atoms with Crippen LogP contribution in [-0.2, 0) is 21.9 Å². The second kappa shape index (κ2) is 108. The third-order valence-electron chi connectivity index (χ3n) is 0. The first-order chi connectivity index (χ1) is 2.41. The molecular formula is C4H7MnO-. The molecule has 0 aliphatic rings. The Morgan fingerprint density at radius 1 is 1.50 bits per heavy atom. The zero-order valence-electron chi connectivity index (χ0n) is 3.48. The van der Waals surface area contributed by atoms with Gasteiger partial charge in [0.1, 0.15) is 6.79 Å². The molecule has 0 aromatic rings. The van der Waals surface area contributed by atoms with E-state index in [-0.39, 0.29) is 17.1 Å². The Labute approximate surface area is 48.9 Å². The Balaban J connectivity index is -0.0000000275. The number of hydrogen-bond acceptors (Lipinski definition) is 1. The molecular weight excluding hydrogens is 119 g/mol. The summed E-state index contributed by atoms with van der Waals surface area (Å²) in [6, 6.07) is 0. The molecule has 0 N–H and O–H groups in total. The van der Waals surface area contributed by atoms with E-state index in [2.05, 4.69) is 13.5 Å². The first-order valence-corrected chi connectivity index (χ1v) is 1.11. The van der Waals surface area contributed by atoms with E-state index in [1.807, 2.05) is 6.79 Å². The molecule has 0 saturated heterocycles. The van der Waals surface area contributed by atoms with Crippen molar-refractivity contribution in [1.29, 1.82) is 0 Å². The molecule has 0 unspecified atom stereocenters. The monoisotopic (exact) mass is 126 g/mol. The van der Waals surface area contributed by atoms with Gasteiger partial charge in [0.25, 0.3) is 0 Å². The normalized spacial score (nSPS) is 2.67. The van der Waals surface area contributed by atoms with Crippen LogP contribution in [0.4, 0.5) is 0 Å². The molecule has 0 aromatic heterocycles. The molecule has 0 rings (SSSR count). The minimum absolute atomic E-state index is 0. The summed E-state index contributed by atoms with van der Waals surface area (Å²) in [7, 11) is 0. The van der Waals surface area contributed by atoms with Gasteiger partial charge in [-0.25, -0.2) is 19.6 Å². The fourth-order valence-electron chi connectivity index (χ4n) is 0. The van der Waals surface area contributed by atoms with Crippen molar-refractivity contribution in [3.8, 4) is 0 Å². The number of allylic oxidation sites excluding steroid dienone is 1. The van der Waals surface area contributed by atoms with Crippen molar-refractivity contribution < 1.29 is 21.9 Å². The zero-order chi connectivity index (χ0) is 4.71. The van der Waals surface area contributed by atoms with Crippen molar-refractivity contribution in [2.75, 3.05) is 0 Å². The molecule has 0 heterocycles. The van der Waals surface area contributed by atoms with Crippen LogP contribution in [0.15, 0.2) is 12.7 Å². The molecule has 0 atom stereocenters. The molecule has 0 amide bonds. The van der Waals surface area contributed by atoms with Crippen LogP contribution >= 0.6 is 0 Å². The van der Waals surface area contributed by atoms with E-state index in [1.54, 1.807) is 0 Å². The average molecular weight is 126 g/mol. The van der Waals surface area contributed by atoms with Gasteiger partial charge in [-0.3, -0.25) is 0 Å². The molecule has 0 saturated carbocycles. The summed E-state index contributed by atoms with van der Waals surface area (Å²) in [4.78, 5) is 8.00. The second-order valence-electron chi connectivity index (χ2n) is 0.289. The van der Waals surface area contributed by atoms with Gasteiger partial charge in [-0.05, 0) is 0 Å². The van der Waals surface area contributed by atoms with Crippen molar-refractivity contribution in [2.24, 2.45) is 0 Å². The molecule has 0 aliphatic carbocycles. The van der Waals surface area contributed by atoms with Gasteiger partial charge in [0.15, 0.2) is 0 Å². The van der Waals surface area contributed by atoms with Crippen LogP contribution in [0.2, 0.25) is 0 Å². The minimum Gasteiger partial charge on any atom is -0.307 e. The summed E-state index contributed by atoms with van der Waals surface area (Å²) >= 11 is 0. The molecule has 1 nitrogen and oxygen atoms in total. The van der Waals surface area contributed by atoms with E-state index >= 15 is 0 Å². The molecule has 0 bridgehead atoms. The van der Waals surface area contributed by atoms with Crippen molar-refractivity contribution >= 4 is 6.79 Å². The topological polar surface area (TPSA) is 17.1 Å². The van der Waals surface area contributed by atoms with Crippen LogP contribution < -0.4 is 0 Å². The summed E-state index contributed by atoms with van der Waals surface area (Å²) in [5, 5.41) is 0. The van der Waals surface area contributed by atoms with Crippen molar-refractivity contribution in [3.05, 3.63) is 19.6 Å². The summed E-state index contributed by atoms with van der Waals surface area (Å²) in [6.45, 7) is 8.50. The summed E-state index contributed by atoms with van der Waals surface area (Å²) in [5.41, 5.74) is 0. The van der Waals surface area contributed by atoms with Crippen LogP contribution in [-0.4, -0.2) is 6.79 Å². The Morgan fingerprint density at radius 3 is 1.50 bits per heavy atom. The number of hydrogen-bond donors (Lipinski definition) is 0. The third-order valence-corrected chi connectivity index (χ3v) is 0. The molecule has 0 fully saturated rings. The summed E-state index contributed by atoms with van der Waals surface area (Å²) in [5.74, 6) is 0. The van der Waals surface area contributed by atoms with E-state index in [0.29, 0.717) is 0 Å². The Bertz CT molecular complexity index is 21.5. The van der Waals surface area contributed by atoms with E-state index in [9.17, 15) is 0 Å². The van der Waals surface area contributed by atoms with E-state index in [1.165, 1.54) is 6.08 Å². The Hall–Kier alpha value is -0.201. The molecule has 0 aliphatic heterocycles. The van der Waals surface area contributed by atoms with Gasteiger partial charge >= 0.3 is 0 Å². The molecule has 2 heteroatoms. The second-order valence-corrected chi connectivity index (χ2v) is 0.289. The maximum absolute atomic E-state index is 8.00. The van der Waals surface area contributed by atoms with Gasteiger partial charge in [-0.2, -0.15) is 0 Å². The van der Waals surface area contributed by atoms with Gasteiger partial charge in [0.2, 0.25) is 0 Å². The first-order valence-electron chi connectivity index (χ1n) is 1.11. The van der Waals surface area contributed by atoms with Gasteiger partial charge in [-0.15, -0.1) is 0 Å².